The molecule has 0 amide bonds. The van der Waals surface area contributed by atoms with Crippen molar-refractivity contribution in [3.8, 4) is 0 Å². The third-order valence-electron chi connectivity index (χ3n) is 2.32. The fourth-order valence-electron chi connectivity index (χ4n) is 1.50. The summed E-state index contributed by atoms with van der Waals surface area (Å²) in [6.45, 7) is 8.38. The van der Waals surface area contributed by atoms with Crippen LogP contribution in [0.5, 0.6) is 0 Å². The molecule has 1 unspecified atom stereocenters. The van der Waals surface area contributed by atoms with Crippen LogP contribution in [0.4, 0.5) is 0 Å². The minimum atomic E-state index is 0.260. The Balaban J connectivity index is 1.95. The summed E-state index contributed by atoms with van der Waals surface area (Å²) in [4.78, 5) is 2.28. The molecule has 1 fully saturated rings. The molecule has 84 valence electrons. The van der Waals surface area contributed by atoms with Gasteiger partial charge in [-0.25, -0.2) is 0 Å². The molecule has 4 heteroatoms. The Morgan fingerprint density at radius 2 is 2.43 bits per heavy atom. The van der Waals surface area contributed by atoms with Crippen molar-refractivity contribution in [2.75, 3.05) is 53.0 Å². The Bertz CT molecular complexity index is 144. The number of nitrogens with zero attached hydrogens (tertiary/aromatic N) is 1. The van der Waals surface area contributed by atoms with Crippen LogP contribution in [0, 0.1) is 0 Å². The van der Waals surface area contributed by atoms with Crippen molar-refractivity contribution in [3.05, 3.63) is 0 Å². The Kier molecular flexibility index (Phi) is 6.10. The highest BCUT2D eigenvalue weighted by Gasteiger charge is 2.17. The summed E-state index contributed by atoms with van der Waals surface area (Å²) >= 11 is 0. The van der Waals surface area contributed by atoms with Gasteiger partial charge in [0.05, 0.1) is 25.9 Å². The molecule has 14 heavy (non-hydrogen) atoms. The topological polar surface area (TPSA) is 33.7 Å². The summed E-state index contributed by atoms with van der Waals surface area (Å²) in [6, 6.07) is 0. The molecular formula is C10H22N2O2. The van der Waals surface area contributed by atoms with Crippen molar-refractivity contribution in [1.29, 1.82) is 0 Å². The number of rotatable bonds is 6. The zero-order chi connectivity index (χ0) is 10.2. The maximum Gasteiger partial charge on any atom is 0.0935 e. The SMILES string of the molecule is CCNCCOCC1CN(C)CCO1. The van der Waals surface area contributed by atoms with Crippen LogP contribution in [0.3, 0.4) is 0 Å². The van der Waals surface area contributed by atoms with Gasteiger partial charge in [0.25, 0.3) is 0 Å². The van der Waals surface area contributed by atoms with Crippen molar-refractivity contribution < 1.29 is 9.47 Å². The van der Waals surface area contributed by atoms with Crippen LogP contribution in [0.2, 0.25) is 0 Å². The smallest absolute Gasteiger partial charge is 0.0935 e. The summed E-state index contributed by atoms with van der Waals surface area (Å²) < 4.78 is 11.1. The quantitative estimate of drug-likeness (QED) is 0.612. The molecule has 0 bridgehead atoms. The third-order valence-corrected chi connectivity index (χ3v) is 2.32. The van der Waals surface area contributed by atoms with E-state index in [1.54, 1.807) is 0 Å². The minimum Gasteiger partial charge on any atom is -0.377 e. The van der Waals surface area contributed by atoms with Gasteiger partial charge in [-0.3, -0.25) is 0 Å². The van der Waals surface area contributed by atoms with E-state index in [1.807, 2.05) is 0 Å². The first-order chi connectivity index (χ1) is 6.83. The van der Waals surface area contributed by atoms with E-state index in [9.17, 15) is 0 Å². The highest BCUT2D eigenvalue weighted by atomic mass is 16.5. The van der Waals surface area contributed by atoms with Crippen LogP contribution < -0.4 is 5.32 Å². The second-order valence-corrected chi connectivity index (χ2v) is 3.68. The van der Waals surface area contributed by atoms with Crippen LogP contribution in [0.15, 0.2) is 0 Å². The van der Waals surface area contributed by atoms with E-state index in [1.165, 1.54) is 0 Å². The Morgan fingerprint density at radius 1 is 1.57 bits per heavy atom. The zero-order valence-electron chi connectivity index (χ0n) is 9.29. The largest absolute Gasteiger partial charge is 0.377 e. The lowest BCUT2D eigenvalue weighted by Gasteiger charge is -2.29. The average Bonchev–Trinajstić information content (AvgIpc) is 2.18. The number of hydrogen-bond acceptors (Lipinski definition) is 4. The first-order valence-corrected chi connectivity index (χ1v) is 5.41. The van der Waals surface area contributed by atoms with Crippen molar-refractivity contribution in [2.24, 2.45) is 0 Å². The monoisotopic (exact) mass is 202 g/mol. The molecule has 1 rings (SSSR count). The Hall–Kier alpha value is -0.160. The third kappa shape index (κ3) is 4.91. The molecule has 1 atom stereocenters. The Labute approximate surface area is 86.6 Å². The fraction of sp³-hybridized carbons (Fsp3) is 1.00. The summed E-state index contributed by atoms with van der Waals surface area (Å²) in [5.41, 5.74) is 0. The van der Waals surface area contributed by atoms with Crippen LogP contribution in [0.25, 0.3) is 0 Å². The number of hydrogen-bond donors (Lipinski definition) is 1. The molecular weight excluding hydrogens is 180 g/mol. The number of nitrogens with one attached hydrogen (secondary N) is 1. The van der Waals surface area contributed by atoms with Crippen molar-refractivity contribution in [1.82, 2.24) is 10.2 Å². The van der Waals surface area contributed by atoms with Crippen molar-refractivity contribution in [2.45, 2.75) is 13.0 Å². The van der Waals surface area contributed by atoms with Gasteiger partial charge in [-0.2, -0.15) is 0 Å². The van der Waals surface area contributed by atoms with E-state index in [4.69, 9.17) is 9.47 Å². The van der Waals surface area contributed by atoms with E-state index in [-0.39, 0.29) is 6.10 Å². The number of ether oxygens (including phenoxy) is 2. The molecule has 0 aromatic rings. The zero-order valence-corrected chi connectivity index (χ0v) is 9.29. The van der Waals surface area contributed by atoms with E-state index in [0.29, 0.717) is 0 Å². The molecule has 1 aliphatic rings. The summed E-state index contributed by atoms with van der Waals surface area (Å²) in [7, 11) is 2.12. The molecule has 1 heterocycles. The van der Waals surface area contributed by atoms with Gasteiger partial charge < -0.3 is 19.7 Å². The lowest BCUT2D eigenvalue weighted by Crippen LogP contribution is -2.42. The highest BCUT2D eigenvalue weighted by Crippen LogP contribution is 2.02. The van der Waals surface area contributed by atoms with Crippen molar-refractivity contribution in [3.63, 3.8) is 0 Å². The summed E-state index contributed by atoms with van der Waals surface area (Å²) in [5, 5.41) is 3.22. The van der Waals surface area contributed by atoms with Crippen LogP contribution >= 0.6 is 0 Å². The van der Waals surface area contributed by atoms with Gasteiger partial charge in [0.1, 0.15) is 0 Å². The lowest BCUT2D eigenvalue weighted by atomic mass is 10.3. The average molecular weight is 202 g/mol. The van der Waals surface area contributed by atoms with Gasteiger partial charge in [-0.15, -0.1) is 0 Å². The van der Waals surface area contributed by atoms with Gasteiger partial charge >= 0.3 is 0 Å². The molecule has 0 aromatic heterocycles. The predicted molar refractivity (Wildman–Crippen MR) is 56.6 cm³/mol. The first kappa shape index (κ1) is 11.9. The Morgan fingerprint density at radius 3 is 3.14 bits per heavy atom. The van der Waals surface area contributed by atoms with Gasteiger partial charge in [0.2, 0.25) is 0 Å². The van der Waals surface area contributed by atoms with E-state index in [0.717, 1.165) is 46.0 Å². The van der Waals surface area contributed by atoms with E-state index >= 15 is 0 Å². The molecule has 0 spiro atoms. The molecule has 0 aliphatic carbocycles. The van der Waals surface area contributed by atoms with E-state index in [2.05, 4.69) is 24.2 Å². The summed E-state index contributed by atoms with van der Waals surface area (Å²) in [6.07, 6.45) is 0.260. The molecule has 0 radical (unpaired) electrons. The molecule has 1 N–H and O–H groups in total. The van der Waals surface area contributed by atoms with Gasteiger partial charge in [-0.1, -0.05) is 6.92 Å². The second kappa shape index (κ2) is 7.17. The summed E-state index contributed by atoms with van der Waals surface area (Å²) in [5.74, 6) is 0. The van der Waals surface area contributed by atoms with Crippen LogP contribution in [-0.4, -0.2) is 64.1 Å². The van der Waals surface area contributed by atoms with Gasteiger partial charge in [0.15, 0.2) is 0 Å². The number of likely N-dealkylation sites (N-methyl/N-ethyl adjacent to an activating group) is 2. The molecule has 1 aliphatic heterocycles. The maximum absolute atomic E-state index is 5.57. The molecule has 1 saturated heterocycles. The predicted octanol–water partition coefficient (Wildman–Crippen LogP) is -0.0569. The first-order valence-electron chi connectivity index (χ1n) is 5.41. The second-order valence-electron chi connectivity index (χ2n) is 3.68. The van der Waals surface area contributed by atoms with Gasteiger partial charge in [0, 0.05) is 19.6 Å². The molecule has 0 aromatic carbocycles. The molecule has 0 saturated carbocycles. The normalized spacial score (nSPS) is 24.0. The lowest BCUT2D eigenvalue weighted by molar-refractivity contribution is -0.0624. The standard InChI is InChI=1S/C10H22N2O2/c1-3-11-4-6-13-9-10-8-12(2)5-7-14-10/h10-11H,3-9H2,1-2H3. The molecule has 4 nitrogen and oxygen atoms in total. The van der Waals surface area contributed by atoms with E-state index < -0.39 is 0 Å². The maximum atomic E-state index is 5.57. The highest BCUT2D eigenvalue weighted by molar-refractivity contribution is 4.67. The number of morpholine rings is 1. The minimum absolute atomic E-state index is 0.260. The fourth-order valence-corrected chi connectivity index (χ4v) is 1.50. The van der Waals surface area contributed by atoms with Crippen LogP contribution in [0.1, 0.15) is 6.92 Å². The van der Waals surface area contributed by atoms with Gasteiger partial charge in [-0.05, 0) is 13.6 Å². The van der Waals surface area contributed by atoms with Crippen LogP contribution in [-0.2, 0) is 9.47 Å². The van der Waals surface area contributed by atoms with Crippen molar-refractivity contribution >= 4 is 0 Å².